The maximum absolute atomic E-state index is 11.6. The Balaban J connectivity index is 2.42. The first-order valence-electron chi connectivity index (χ1n) is 6.07. The minimum Gasteiger partial charge on any atom is -0.481 e. The SMILES string of the molecule is Cc1cccc([C@H](C)NC(=O)CCCC(=O)O)c1. The summed E-state index contributed by atoms with van der Waals surface area (Å²) in [6, 6.07) is 7.90. The Bertz CT molecular complexity index is 429. The second-order valence-electron chi connectivity index (χ2n) is 4.45. The molecule has 0 heterocycles. The number of hydrogen-bond acceptors (Lipinski definition) is 2. The van der Waals surface area contributed by atoms with Gasteiger partial charge in [0.2, 0.25) is 5.91 Å². The molecule has 1 aromatic rings. The van der Waals surface area contributed by atoms with Crippen molar-refractivity contribution in [2.24, 2.45) is 0 Å². The van der Waals surface area contributed by atoms with Gasteiger partial charge in [0.15, 0.2) is 0 Å². The smallest absolute Gasteiger partial charge is 0.303 e. The highest BCUT2D eigenvalue weighted by atomic mass is 16.4. The zero-order chi connectivity index (χ0) is 13.5. The van der Waals surface area contributed by atoms with E-state index in [0.717, 1.165) is 11.1 Å². The van der Waals surface area contributed by atoms with Crippen LogP contribution in [-0.4, -0.2) is 17.0 Å². The van der Waals surface area contributed by atoms with Gasteiger partial charge in [0.1, 0.15) is 0 Å². The van der Waals surface area contributed by atoms with Gasteiger partial charge in [-0.2, -0.15) is 0 Å². The molecule has 18 heavy (non-hydrogen) atoms. The molecule has 4 nitrogen and oxygen atoms in total. The van der Waals surface area contributed by atoms with E-state index in [1.54, 1.807) is 0 Å². The summed E-state index contributed by atoms with van der Waals surface area (Å²) in [5, 5.41) is 11.4. The van der Waals surface area contributed by atoms with Crippen molar-refractivity contribution in [2.45, 2.75) is 39.2 Å². The predicted molar refractivity (Wildman–Crippen MR) is 69.2 cm³/mol. The van der Waals surface area contributed by atoms with E-state index in [-0.39, 0.29) is 24.8 Å². The Morgan fingerprint density at radius 1 is 1.33 bits per heavy atom. The van der Waals surface area contributed by atoms with Crippen LogP contribution < -0.4 is 5.32 Å². The molecule has 2 N–H and O–H groups in total. The number of carboxylic acid groups (broad SMARTS) is 1. The second-order valence-corrected chi connectivity index (χ2v) is 4.45. The normalized spacial score (nSPS) is 11.9. The highest BCUT2D eigenvalue weighted by molar-refractivity contribution is 5.77. The molecule has 0 radical (unpaired) electrons. The maximum atomic E-state index is 11.6. The first-order valence-corrected chi connectivity index (χ1v) is 6.07. The summed E-state index contributed by atoms with van der Waals surface area (Å²) in [5.41, 5.74) is 2.21. The summed E-state index contributed by atoms with van der Waals surface area (Å²) in [6.45, 7) is 3.93. The molecule has 0 fully saturated rings. The number of rotatable bonds is 6. The van der Waals surface area contributed by atoms with Gasteiger partial charge in [0, 0.05) is 12.8 Å². The van der Waals surface area contributed by atoms with E-state index < -0.39 is 5.97 Å². The van der Waals surface area contributed by atoms with E-state index in [1.165, 1.54) is 0 Å². The first-order chi connectivity index (χ1) is 8.49. The summed E-state index contributed by atoms with van der Waals surface area (Å²) in [4.78, 5) is 21.9. The minimum atomic E-state index is -0.866. The van der Waals surface area contributed by atoms with Crippen molar-refractivity contribution < 1.29 is 14.7 Å². The number of carbonyl (C=O) groups is 2. The fourth-order valence-electron chi connectivity index (χ4n) is 1.74. The Morgan fingerprint density at radius 2 is 2.06 bits per heavy atom. The van der Waals surface area contributed by atoms with Gasteiger partial charge in [0.25, 0.3) is 0 Å². The number of aliphatic carboxylic acids is 1. The van der Waals surface area contributed by atoms with Gasteiger partial charge in [-0.05, 0) is 25.8 Å². The number of aryl methyl sites for hydroxylation is 1. The van der Waals surface area contributed by atoms with Gasteiger partial charge >= 0.3 is 5.97 Å². The van der Waals surface area contributed by atoms with Crippen molar-refractivity contribution >= 4 is 11.9 Å². The molecule has 0 aliphatic heterocycles. The van der Waals surface area contributed by atoms with E-state index in [1.807, 2.05) is 38.1 Å². The van der Waals surface area contributed by atoms with E-state index in [4.69, 9.17) is 5.11 Å². The number of nitrogens with one attached hydrogen (secondary N) is 1. The quantitative estimate of drug-likeness (QED) is 0.813. The first kappa shape index (κ1) is 14.2. The fraction of sp³-hybridized carbons (Fsp3) is 0.429. The number of carbonyl (C=O) groups excluding carboxylic acids is 1. The molecule has 0 aromatic heterocycles. The van der Waals surface area contributed by atoms with Crippen LogP contribution in [0.3, 0.4) is 0 Å². The van der Waals surface area contributed by atoms with Gasteiger partial charge in [-0.3, -0.25) is 9.59 Å². The van der Waals surface area contributed by atoms with Crippen LogP contribution in [0.25, 0.3) is 0 Å². The lowest BCUT2D eigenvalue weighted by Gasteiger charge is -2.14. The molecule has 1 atom stereocenters. The molecule has 0 saturated carbocycles. The average Bonchev–Trinajstić information content (AvgIpc) is 2.28. The van der Waals surface area contributed by atoms with Crippen LogP contribution in [0.15, 0.2) is 24.3 Å². The molecule has 0 aliphatic rings. The Hall–Kier alpha value is -1.84. The minimum absolute atomic E-state index is 0.0340. The largest absolute Gasteiger partial charge is 0.481 e. The number of benzene rings is 1. The van der Waals surface area contributed by atoms with E-state index in [0.29, 0.717) is 6.42 Å². The van der Waals surface area contributed by atoms with Crippen LogP contribution in [0, 0.1) is 6.92 Å². The Morgan fingerprint density at radius 3 is 2.67 bits per heavy atom. The third-order valence-corrected chi connectivity index (χ3v) is 2.71. The molecule has 0 bridgehead atoms. The van der Waals surface area contributed by atoms with Gasteiger partial charge in [-0.1, -0.05) is 29.8 Å². The number of carboxylic acids is 1. The molecule has 1 rings (SSSR count). The lowest BCUT2D eigenvalue weighted by Crippen LogP contribution is -2.26. The highest BCUT2D eigenvalue weighted by Crippen LogP contribution is 2.14. The standard InChI is InChI=1S/C14H19NO3/c1-10-5-3-6-12(9-10)11(2)15-13(16)7-4-8-14(17)18/h3,5-6,9,11H,4,7-8H2,1-2H3,(H,15,16)(H,17,18)/t11-/m0/s1. The van der Waals surface area contributed by atoms with Crippen molar-refractivity contribution in [3.8, 4) is 0 Å². The maximum Gasteiger partial charge on any atom is 0.303 e. The van der Waals surface area contributed by atoms with Crippen LogP contribution in [0.1, 0.15) is 43.4 Å². The monoisotopic (exact) mass is 249 g/mol. The summed E-state index contributed by atoms with van der Waals surface area (Å²) < 4.78 is 0. The Kier molecular flexibility index (Phi) is 5.36. The highest BCUT2D eigenvalue weighted by Gasteiger charge is 2.09. The third-order valence-electron chi connectivity index (χ3n) is 2.71. The van der Waals surface area contributed by atoms with Crippen LogP contribution in [0.4, 0.5) is 0 Å². The van der Waals surface area contributed by atoms with Crippen molar-refractivity contribution in [3.63, 3.8) is 0 Å². The summed E-state index contributed by atoms with van der Waals surface area (Å²) in [5.74, 6) is -0.972. The van der Waals surface area contributed by atoms with Gasteiger partial charge in [-0.15, -0.1) is 0 Å². The van der Waals surface area contributed by atoms with Crippen molar-refractivity contribution in [1.82, 2.24) is 5.32 Å². The topological polar surface area (TPSA) is 66.4 Å². The van der Waals surface area contributed by atoms with Crippen molar-refractivity contribution in [1.29, 1.82) is 0 Å². The fourth-order valence-corrected chi connectivity index (χ4v) is 1.74. The molecule has 1 amide bonds. The van der Waals surface area contributed by atoms with Crippen molar-refractivity contribution in [3.05, 3.63) is 35.4 Å². The summed E-state index contributed by atoms with van der Waals surface area (Å²) >= 11 is 0. The molecule has 4 heteroatoms. The molecule has 0 unspecified atom stereocenters. The number of hydrogen-bond donors (Lipinski definition) is 2. The number of amides is 1. The molecule has 0 spiro atoms. The van der Waals surface area contributed by atoms with Crippen LogP contribution >= 0.6 is 0 Å². The van der Waals surface area contributed by atoms with Crippen LogP contribution in [0.5, 0.6) is 0 Å². The average molecular weight is 249 g/mol. The van der Waals surface area contributed by atoms with Crippen LogP contribution in [-0.2, 0) is 9.59 Å². The Labute approximate surface area is 107 Å². The molecule has 0 aliphatic carbocycles. The molecule has 98 valence electrons. The zero-order valence-electron chi connectivity index (χ0n) is 10.8. The van der Waals surface area contributed by atoms with Gasteiger partial charge < -0.3 is 10.4 Å². The zero-order valence-corrected chi connectivity index (χ0v) is 10.8. The van der Waals surface area contributed by atoms with Gasteiger partial charge in [-0.25, -0.2) is 0 Å². The second kappa shape index (κ2) is 6.79. The van der Waals surface area contributed by atoms with E-state index in [2.05, 4.69) is 5.32 Å². The van der Waals surface area contributed by atoms with E-state index in [9.17, 15) is 9.59 Å². The van der Waals surface area contributed by atoms with Gasteiger partial charge in [0.05, 0.1) is 6.04 Å². The third kappa shape index (κ3) is 4.99. The predicted octanol–water partition coefficient (Wildman–Crippen LogP) is 2.43. The van der Waals surface area contributed by atoms with Crippen LogP contribution in [0.2, 0.25) is 0 Å². The lowest BCUT2D eigenvalue weighted by atomic mass is 10.1. The molecule has 1 aromatic carbocycles. The molecule has 0 saturated heterocycles. The van der Waals surface area contributed by atoms with Crippen molar-refractivity contribution in [2.75, 3.05) is 0 Å². The summed E-state index contributed by atoms with van der Waals surface area (Å²) in [6.07, 6.45) is 0.663. The molecular weight excluding hydrogens is 230 g/mol. The van der Waals surface area contributed by atoms with E-state index >= 15 is 0 Å². The molecular formula is C14H19NO3. The summed E-state index contributed by atoms with van der Waals surface area (Å²) in [7, 11) is 0. The lowest BCUT2D eigenvalue weighted by molar-refractivity contribution is -0.137.